The van der Waals surface area contributed by atoms with Crippen LogP contribution in [0.5, 0.6) is 11.5 Å². The summed E-state index contributed by atoms with van der Waals surface area (Å²) in [6.07, 6.45) is 3.75. The Kier molecular flexibility index (Phi) is 5.15. The van der Waals surface area contributed by atoms with Crippen molar-refractivity contribution in [3.8, 4) is 11.5 Å². The third-order valence-electron chi connectivity index (χ3n) is 3.38. The maximum Gasteiger partial charge on any atom is 0.335 e. The first-order chi connectivity index (χ1) is 12.6. The molecule has 13 heteroatoms. The van der Waals surface area contributed by atoms with Gasteiger partial charge >= 0.3 is 17.3 Å². The lowest BCUT2D eigenvalue weighted by Gasteiger charge is -2.12. The van der Waals surface area contributed by atoms with E-state index < -0.39 is 49.7 Å². The highest BCUT2D eigenvalue weighted by Crippen LogP contribution is 2.38. The molecule has 1 aliphatic carbocycles. The zero-order chi connectivity index (χ0) is 20.3. The summed E-state index contributed by atoms with van der Waals surface area (Å²) in [5.41, 5.74) is -2.24. The van der Waals surface area contributed by atoms with Crippen molar-refractivity contribution >= 4 is 17.3 Å². The molecule has 1 atom stereocenters. The van der Waals surface area contributed by atoms with Crippen molar-refractivity contribution in [2.75, 3.05) is 0 Å². The normalized spacial score (nSPS) is 17.3. The van der Waals surface area contributed by atoms with Crippen molar-refractivity contribution < 1.29 is 34.5 Å². The second-order valence-electron chi connectivity index (χ2n) is 5.05. The molecule has 1 aromatic carbocycles. The monoisotopic (exact) mass is 379 g/mol. The van der Waals surface area contributed by atoms with Gasteiger partial charge in [0.25, 0.3) is 6.04 Å². The lowest BCUT2D eigenvalue weighted by molar-refractivity contribution is -0.498. The van der Waals surface area contributed by atoms with Crippen molar-refractivity contribution in [2.45, 2.75) is 6.04 Å². The number of ether oxygens (including phenoxy) is 1. The molecule has 1 unspecified atom stereocenters. The van der Waals surface area contributed by atoms with E-state index >= 15 is 0 Å². The zero-order valence-electron chi connectivity index (χ0n) is 13.0. The van der Waals surface area contributed by atoms with Crippen molar-refractivity contribution in [1.29, 1.82) is 0 Å². The summed E-state index contributed by atoms with van der Waals surface area (Å²) in [4.78, 5) is 41.0. The molecule has 13 nitrogen and oxygen atoms in total. The van der Waals surface area contributed by atoms with Crippen LogP contribution >= 0.6 is 0 Å². The quantitative estimate of drug-likeness (QED) is 0.416. The summed E-state index contributed by atoms with van der Waals surface area (Å²) in [6.45, 7) is 0. The lowest BCUT2D eigenvalue weighted by atomic mass is 9.99. The molecule has 0 fully saturated rings. The summed E-state index contributed by atoms with van der Waals surface area (Å²) in [7, 11) is 0. The van der Waals surface area contributed by atoms with E-state index in [0.29, 0.717) is 12.1 Å². The largest absolute Gasteiger partial charge is 0.502 e. The first-order valence-electron chi connectivity index (χ1n) is 6.91. The zero-order valence-corrected chi connectivity index (χ0v) is 13.0. The third kappa shape index (κ3) is 4.04. The smallest absolute Gasteiger partial charge is 0.335 e. The highest BCUT2D eigenvalue weighted by Gasteiger charge is 2.29. The highest BCUT2D eigenvalue weighted by molar-refractivity contribution is 5.90. The number of nitro benzene ring substituents is 2. The molecule has 0 saturated carbocycles. The van der Waals surface area contributed by atoms with Gasteiger partial charge < -0.3 is 14.9 Å². The van der Waals surface area contributed by atoms with Crippen LogP contribution in [0.2, 0.25) is 0 Å². The van der Waals surface area contributed by atoms with Gasteiger partial charge in [0.05, 0.1) is 21.0 Å². The molecule has 27 heavy (non-hydrogen) atoms. The molecule has 1 aromatic rings. The average molecular weight is 379 g/mol. The molecule has 2 N–H and O–H groups in total. The van der Waals surface area contributed by atoms with Gasteiger partial charge in [0, 0.05) is 17.1 Å². The van der Waals surface area contributed by atoms with Crippen molar-refractivity contribution in [3.63, 3.8) is 0 Å². The van der Waals surface area contributed by atoms with E-state index in [1.54, 1.807) is 0 Å². The summed E-state index contributed by atoms with van der Waals surface area (Å²) < 4.78 is 5.01. The molecular formula is C14H9N3O10. The number of nitro groups is 3. The van der Waals surface area contributed by atoms with Gasteiger partial charge in [0.15, 0.2) is 5.75 Å². The Balaban J connectivity index is 2.42. The van der Waals surface area contributed by atoms with E-state index in [1.165, 1.54) is 0 Å². The standard InChI is InChI=1S/C14H9N3O10/c18-12-5-13(11(17(25)26)4-10(12)16(23)24)27-6-8-2-1-7(14(19)20)3-9(8)15(21)22/h1-6,9,18H,(H,19,20). The maximum absolute atomic E-state index is 11.1. The van der Waals surface area contributed by atoms with Gasteiger partial charge in [-0.2, -0.15) is 0 Å². The summed E-state index contributed by atoms with van der Waals surface area (Å²) in [5, 5.41) is 51.4. The fourth-order valence-electron chi connectivity index (χ4n) is 2.10. The molecule has 140 valence electrons. The van der Waals surface area contributed by atoms with Crippen LogP contribution in [0.3, 0.4) is 0 Å². The molecule has 0 bridgehead atoms. The third-order valence-corrected chi connectivity index (χ3v) is 3.38. The van der Waals surface area contributed by atoms with Gasteiger partial charge in [-0.3, -0.25) is 30.3 Å². The number of nitrogens with zero attached hydrogens (tertiary/aromatic N) is 3. The average Bonchev–Trinajstić information content (AvgIpc) is 2.58. The van der Waals surface area contributed by atoms with E-state index in [1.807, 2.05) is 0 Å². The summed E-state index contributed by atoms with van der Waals surface area (Å²) in [6, 6.07) is -0.487. The SMILES string of the molecule is O=C(O)C1=CC([N+](=O)[O-])C(=COc2cc(O)c([N+](=O)[O-])cc2[N+](=O)[O-])C=C1. The molecule has 2 rings (SSSR count). The fraction of sp³-hybridized carbons (Fsp3) is 0.0714. The number of benzene rings is 1. The lowest BCUT2D eigenvalue weighted by Crippen LogP contribution is -2.23. The Morgan fingerprint density at radius 2 is 1.70 bits per heavy atom. The number of rotatable bonds is 6. The fourth-order valence-corrected chi connectivity index (χ4v) is 2.10. The second kappa shape index (κ2) is 7.30. The van der Waals surface area contributed by atoms with Crippen LogP contribution in [-0.2, 0) is 4.79 Å². The number of aromatic hydroxyl groups is 1. The molecule has 0 radical (unpaired) electrons. The number of aliphatic carboxylic acids is 1. The Morgan fingerprint density at radius 3 is 2.22 bits per heavy atom. The van der Waals surface area contributed by atoms with E-state index in [4.69, 9.17) is 9.84 Å². The van der Waals surface area contributed by atoms with Crippen LogP contribution in [0, 0.1) is 30.3 Å². The number of carboxylic acids is 1. The molecule has 0 aliphatic heterocycles. The van der Waals surface area contributed by atoms with Gasteiger partial charge in [0.1, 0.15) is 12.3 Å². The van der Waals surface area contributed by atoms with Crippen LogP contribution in [0.15, 0.2) is 47.8 Å². The maximum atomic E-state index is 11.1. The van der Waals surface area contributed by atoms with Crippen LogP contribution < -0.4 is 4.74 Å². The van der Waals surface area contributed by atoms with E-state index in [9.17, 15) is 40.2 Å². The Labute approximate surface area is 148 Å². The van der Waals surface area contributed by atoms with Crippen LogP contribution in [0.4, 0.5) is 11.4 Å². The predicted octanol–water partition coefficient (Wildman–Crippen LogP) is 1.70. The van der Waals surface area contributed by atoms with Gasteiger partial charge in [-0.15, -0.1) is 0 Å². The van der Waals surface area contributed by atoms with Gasteiger partial charge in [-0.05, 0) is 12.2 Å². The summed E-state index contributed by atoms with van der Waals surface area (Å²) >= 11 is 0. The van der Waals surface area contributed by atoms with Crippen molar-refractivity contribution in [3.05, 3.63) is 78.1 Å². The van der Waals surface area contributed by atoms with E-state index in [-0.39, 0.29) is 11.1 Å². The molecule has 0 spiro atoms. The van der Waals surface area contributed by atoms with E-state index in [0.717, 1.165) is 24.5 Å². The minimum absolute atomic E-state index is 0.142. The Morgan fingerprint density at radius 1 is 1.07 bits per heavy atom. The molecular weight excluding hydrogens is 370 g/mol. The second-order valence-corrected chi connectivity index (χ2v) is 5.05. The molecule has 0 amide bonds. The van der Waals surface area contributed by atoms with E-state index in [2.05, 4.69) is 0 Å². The number of carboxylic acid groups (broad SMARTS) is 1. The number of phenols is 1. The molecule has 0 aromatic heterocycles. The minimum atomic E-state index is -1.59. The van der Waals surface area contributed by atoms with Crippen molar-refractivity contribution in [1.82, 2.24) is 0 Å². The number of hydrogen-bond acceptors (Lipinski definition) is 9. The Hall–Kier alpha value is -4.29. The molecule has 0 heterocycles. The van der Waals surface area contributed by atoms with Crippen LogP contribution in [-0.4, -0.2) is 37.0 Å². The number of phenolic OH excluding ortho intramolecular Hbond substituents is 1. The molecule has 1 aliphatic rings. The van der Waals surface area contributed by atoms with Gasteiger partial charge in [0.2, 0.25) is 5.75 Å². The van der Waals surface area contributed by atoms with Crippen LogP contribution in [0.1, 0.15) is 0 Å². The minimum Gasteiger partial charge on any atom is -0.502 e. The molecule has 0 saturated heterocycles. The highest BCUT2D eigenvalue weighted by atomic mass is 16.6. The van der Waals surface area contributed by atoms with Crippen LogP contribution in [0.25, 0.3) is 0 Å². The van der Waals surface area contributed by atoms with Gasteiger partial charge in [-0.1, -0.05) is 0 Å². The number of hydrogen-bond donors (Lipinski definition) is 2. The predicted molar refractivity (Wildman–Crippen MR) is 85.8 cm³/mol. The van der Waals surface area contributed by atoms with Gasteiger partial charge in [-0.25, -0.2) is 4.79 Å². The topological polar surface area (TPSA) is 196 Å². The first-order valence-corrected chi connectivity index (χ1v) is 6.91. The Bertz CT molecular complexity index is 947. The summed E-state index contributed by atoms with van der Waals surface area (Å²) in [5.74, 6) is -2.88. The first kappa shape index (κ1) is 19.0. The van der Waals surface area contributed by atoms with Crippen molar-refractivity contribution in [2.24, 2.45) is 0 Å². The number of carbonyl (C=O) groups is 1.